The van der Waals surface area contributed by atoms with Crippen LogP contribution in [0.5, 0.6) is 0 Å². The number of ether oxygens (including phenoxy) is 1. The molecule has 0 aromatic carbocycles. The summed E-state index contributed by atoms with van der Waals surface area (Å²) in [5.74, 6) is -0.158. The summed E-state index contributed by atoms with van der Waals surface area (Å²) in [5.41, 5.74) is -0.135. The summed E-state index contributed by atoms with van der Waals surface area (Å²) in [6, 6.07) is 0. The third-order valence-electron chi connectivity index (χ3n) is 2.32. The standard InChI is InChI=1S/C11H18N2O2S/c1-11(2,10-12-7-8-16-10)13-6-4-5-9(14)15-3/h7-8,13H,4-6H2,1-3H3. The van der Waals surface area contributed by atoms with Crippen LogP contribution in [-0.2, 0) is 15.1 Å². The highest BCUT2D eigenvalue weighted by Gasteiger charge is 2.21. The molecule has 0 bridgehead atoms. The molecule has 0 aliphatic carbocycles. The lowest BCUT2D eigenvalue weighted by Gasteiger charge is -2.23. The maximum Gasteiger partial charge on any atom is 0.305 e. The number of carbonyl (C=O) groups is 1. The van der Waals surface area contributed by atoms with Crippen molar-refractivity contribution in [1.29, 1.82) is 0 Å². The van der Waals surface area contributed by atoms with Crippen molar-refractivity contribution < 1.29 is 9.53 Å². The Hall–Kier alpha value is -0.940. The van der Waals surface area contributed by atoms with Crippen molar-refractivity contribution in [1.82, 2.24) is 10.3 Å². The monoisotopic (exact) mass is 242 g/mol. The lowest BCUT2D eigenvalue weighted by Crippen LogP contribution is -2.37. The summed E-state index contributed by atoms with van der Waals surface area (Å²) in [6.45, 7) is 4.95. The van der Waals surface area contributed by atoms with Crippen LogP contribution in [0.25, 0.3) is 0 Å². The Balaban J connectivity index is 2.29. The molecular weight excluding hydrogens is 224 g/mol. The van der Waals surface area contributed by atoms with E-state index in [-0.39, 0.29) is 11.5 Å². The molecule has 5 heteroatoms. The van der Waals surface area contributed by atoms with Crippen LogP contribution >= 0.6 is 11.3 Å². The molecule has 0 atom stereocenters. The van der Waals surface area contributed by atoms with Crippen LogP contribution in [0.15, 0.2) is 11.6 Å². The van der Waals surface area contributed by atoms with Gasteiger partial charge >= 0.3 is 5.97 Å². The van der Waals surface area contributed by atoms with Gasteiger partial charge in [0, 0.05) is 18.0 Å². The summed E-state index contributed by atoms with van der Waals surface area (Å²) in [4.78, 5) is 15.2. The van der Waals surface area contributed by atoms with Gasteiger partial charge in [-0.3, -0.25) is 4.79 Å². The molecule has 0 spiro atoms. The zero-order chi connectivity index (χ0) is 12.0. The summed E-state index contributed by atoms with van der Waals surface area (Å²) in [7, 11) is 1.41. The number of hydrogen-bond donors (Lipinski definition) is 1. The van der Waals surface area contributed by atoms with E-state index < -0.39 is 0 Å². The molecule has 0 amide bonds. The number of esters is 1. The average Bonchev–Trinajstić information content (AvgIpc) is 2.78. The summed E-state index contributed by atoms with van der Waals surface area (Å²) >= 11 is 1.63. The second-order valence-electron chi connectivity index (χ2n) is 4.07. The molecule has 4 nitrogen and oxygen atoms in total. The molecule has 0 fully saturated rings. The van der Waals surface area contributed by atoms with Crippen molar-refractivity contribution in [3.63, 3.8) is 0 Å². The summed E-state index contributed by atoms with van der Waals surface area (Å²) < 4.78 is 4.58. The van der Waals surface area contributed by atoms with Gasteiger partial charge in [0.1, 0.15) is 5.01 Å². The van der Waals surface area contributed by atoms with Crippen LogP contribution in [0.4, 0.5) is 0 Å². The van der Waals surface area contributed by atoms with E-state index >= 15 is 0 Å². The first-order valence-corrected chi connectivity index (χ1v) is 6.16. The molecule has 1 aromatic heterocycles. The van der Waals surface area contributed by atoms with Crippen LogP contribution in [0.3, 0.4) is 0 Å². The van der Waals surface area contributed by atoms with Crippen molar-refractivity contribution in [2.45, 2.75) is 32.2 Å². The van der Waals surface area contributed by atoms with E-state index in [4.69, 9.17) is 0 Å². The largest absolute Gasteiger partial charge is 0.469 e. The van der Waals surface area contributed by atoms with E-state index in [1.165, 1.54) is 7.11 Å². The highest BCUT2D eigenvalue weighted by molar-refractivity contribution is 7.09. The fraction of sp³-hybridized carbons (Fsp3) is 0.636. The van der Waals surface area contributed by atoms with E-state index in [1.807, 2.05) is 5.38 Å². The Morgan fingerprint density at radius 1 is 1.62 bits per heavy atom. The van der Waals surface area contributed by atoms with Crippen molar-refractivity contribution >= 4 is 17.3 Å². The van der Waals surface area contributed by atoms with Gasteiger partial charge in [-0.1, -0.05) is 0 Å². The second kappa shape index (κ2) is 5.96. The number of aromatic nitrogens is 1. The number of nitrogens with zero attached hydrogens (tertiary/aromatic N) is 1. The van der Waals surface area contributed by atoms with Gasteiger partial charge in [0.15, 0.2) is 0 Å². The quantitative estimate of drug-likeness (QED) is 0.611. The van der Waals surface area contributed by atoms with Gasteiger partial charge in [-0.15, -0.1) is 11.3 Å². The third-order valence-corrected chi connectivity index (χ3v) is 3.42. The van der Waals surface area contributed by atoms with Gasteiger partial charge in [-0.2, -0.15) is 0 Å². The minimum Gasteiger partial charge on any atom is -0.469 e. The van der Waals surface area contributed by atoms with Gasteiger partial charge in [0.25, 0.3) is 0 Å². The molecule has 1 rings (SSSR count). The number of hydrogen-bond acceptors (Lipinski definition) is 5. The fourth-order valence-corrected chi connectivity index (χ4v) is 2.08. The highest BCUT2D eigenvalue weighted by Crippen LogP contribution is 2.21. The molecule has 0 saturated carbocycles. The van der Waals surface area contributed by atoms with E-state index in [9.17, 15) is 4.79 Å². The number of rotatable bonds is 6. The smallest absolute Gasteiger partial charge is 0.305 e. The van der Waals surface area contributed by atoms with Crippen LogP contribution in [0.2, 0.25) is 0 Å². The Labute approximate surface area is 100 Å². The first-order valence-electron chi connectivity index (χ1n) is 5.28. The number of thiazole rings is 1. The molecule has 0 saturated heterocycles. The lowest BCUT2D eigenvalue weighted by molar-refractivity contribution is -0.140. The van der Waals surface area contributed by atoms with E-state index in [2.05, 4.69) is 28.9 Å². The number of carbonyl (C=O) groups excluding carboxylic acids is 1. The molecule has 1 heterocycles. The van der Waals surface area contributed by atoms with Crippen LogP contribution in [0.1, 0.15) is 31.7 Å². The SMILES string of the molecule is COC(=O)CCCNC(C)(C)c1nccs1. The zero-order valence-corrected chi connectivity index (χ0v) is 10.8. The van der Waals surface area contributed by atoms with Crippen LogP contribution in [-0.4, -0.2) is 24.6 Å². The Kier molecular flexibility index (Phi) is 4.89. The second-order valence-corrected chi connectivity index (χ2v) is 4.96. The van der Waals surface area contributed by atoms with Crippen molar-refractivity contribution in [3.05, 3.63) is 16.6 Å². The zero-order valence-electron chi connectivity index (χ0n) is 9.95. The summed E-state index contributed by atoms with van der Waals surface area (Å²) in [5, 5.41) is 6.41. The minimum absolute atomic E-state index is 0.135. The molecule has 16 heavy (non-hydrogen) atoms. The maximum absolute atomic E-state index is 10.9. The minimum atomic E-state index is -0.158. The van der Waals surface area contributed by atoms with Gasteiger partial charge in [0.2, 0.25) is 0 Å². The topological polar surface area (TPSA) is 51.2 Å². The molecule has 0 unspecified atom stereocenters. The fourth-order valence-electron chi connectivity index (χ4n) is 1.34. The van der Waals surface area contributed by atoms with Gasteiger partial charge in [-0.25, -0.2) is 4.98 Å². The van der Waals surface area contributed by atoms with Gasteiger partial charge in [-0.05, 0) is 26.8 Å². The predicted octanol–water partition coefficient (Wildman–Crippen LogP) is 1.92. The predicted molar refractivity (Wildman–Crippen MR) is 64.4 cm³/mol. The Morgan fingerprint density at radius 2 is 2.38 bits per heavy atom. The first kappa shape index (κ1) is 13.1. The average molecular weight is 242 g/mol. The Morgan fingerprint density at radius 3 is 2.94 bits per heavy atom. The van der Waals surface area contributed by atoms with E-state index in [1.54, 1.807) is 17.5 Å². The first-order chi connectivity index (χ1) is 7.56. The Bertz CT molecular complexity index is 323. The number of nitrogens with one attached hydrogen (secondary N) is 1. The van der Waals surface area contributed by atoms with Gasteiger partial charge < -0.3 is 10.1 Å². The lowest BCUT2D eigenvalue weighted by atomic mass is 10.1. The molecule has 90 valence electrons. The molecule has 0 aliphatic heterocycles. The summed E-state index contributed by atoms with van der Waals surface area (Å²) in [6.07, 6.45) is 3.04. The molecule has 1 aromatic rings. The van der Waals surface area contributed by atoms with Crippen LogP contribution in [0, 0.1) is 0 Å². The normalized spacial score (nSPS) is 11.4. The highest BCUT2D eigenvalue weighted by atomic mass is 32.1. The van der Waals surface area contributed by atoms with E-state index in [0.717, 1.165) is 18.0 Å². The maximum atomic E-state index is 10.9. The third kappa shape index (κ3) is 3.90. The molecular formula is C11H18N2O2S. The van der Waals surface area contributed by atoms with Gasteiger partial charge in [0.05, 0.1) is 12.6 Å². The van der Waals surface area contributed by atoms with E-state index in [0.29, 0.717) is 6.42 Å². The van der Waals surface area contributed by atoms with Crippen molar-refractivity contribution in [3.8, 4) is 0 Å². The molecule has 0 aliphatic rings. The molecule has 1 N–H and O–H groups in total. The van der Waals surface area contributed by atoms with Crippen LogP contribution < -0.4 is 5.32 Å². The van der Waals surface area contributed by atoms with Crippen molar-refractivity contribution in [2.24, 2.45) is 0 Å². The number of methoxy groups -OCH3 is 1. The van der Waals surface area contributed by atoms with Crippen molar-refractivity contribution in [2.75, 3.05) is 13.7 Å². The molecule has 0 radical (unpaired) electrons.